The van der Waals surface area contributed by atoms with Crippen molar-refractivity contribution in [3.63, 3.8) is 0 Å². The Morgan fingerprint density at radius 2 is 2.13 bits per heavy atom. The summed E-state index contributed by atoms with van der Waals surface area (Å²) in [5.41, 5.74) is 1.03. The van der Waals surface area contributed by atoms with Crippen molar-refractivity contribution >= 4 is 0 Å². The standard InChI is InChI=1S/C11H19N3O/c1-8(2)11-13-9(5-6-12-3)7-10(14-11)15-4/h7-8,12H,5-6H2,1-4H3. The monoisotopic (exact) mass is 209 g/mol. The zero-order valence-electron chi connectivity index (χ0n) is 9.87. The fourth-order valence-corrected chi connectivity index (χ4v) is 1.24. The van der Waals surface area contributed by atoms with Crippen molar-refractivity contribution in [1.29, 1.82) is 0 Å². The first kappa shape index (κ1) is 11.9. The van der Waals surface area contributed by atoms with Gasteiger partial charge >= 0.3 is 0 Å². The molecule has 0 radical (unpaired) electrons. The summed E-state index contributed by atoms with van der Waals surface area (Å²) in [5.74, 6) is 1.83. The SMILES string of the molecule is CNCCc1cc(OC)nc(C(C)C)n1. The van der Waals surface area contributed by atoms with Gasteiger partial charge in [0.2, 0.25) is 5.88 Å². The van der Waals surface area contributed by atoms with Crippen molar-refractivity contribution in [1.82, 2.24) is 15.3 Å². The highest BCUT2D eigenvalue weighted by molar-refractivity contribution is 5.17. The van der Waals surface area contributed by atoms with Crippen molar-refractivity contribution in [2.45, 2.75) is 26.2 Å². The van der Waals surface area contributed by atoms with Crippen molar-refractivity contribution in [2.24, 2.45) is 0 Å². The van der Waals surface area contributed by atoms with Crippen LogP contribution in [0.1, 0.15) is 31.3 Å². The predicted octanol–water partition coefficient (Wildman–Crippen LogP) is 1.37. The van der Waals surface area contributed by atoms with Gasteiger partial charge in [0.15, 0.2) is 0 Å². The molecule has 1 aromatic rings. The summed E-state index contributed by atoms with van der Waals surface area (Å²) in [4.78, 5) is 8.79. The van der Waals surface area contributed by atoms with E-state index in [1.54, 1.807) is 7.11 Å². The lowest BCUT2D eigenvalue weighted by molar-refractivity contribution is 0.392. The minimum atomic E-state index is 0.327. The molecule has 1 rings (SSSR count). The number of methoxy groups -OCH3 is 1. The largest absolute Gasteiger partial charge is 0.481 e. The lowest BCUT2D eigenvalue weighted by atomic mass is 10.2. The maximum atomic E-state index is 5.15. The van der Waals surface area contributed by atoms with Gasteiger partial charge in [-0.15, -0.1) is 0 Å². The Hall–Kier alpha value is -1.16. The Kier molecular flexibility index (Phi) is 4.49. The van der Waals surface area contributed by atoms with Crippen LogP contribution in [0, 0.1) is 0 Å². The number of hydrogen-bond acceptors (Lipinski definition) is 4. The minimum Gasteiger partial charge on any atom is -0.481 e. The van der Waals surface area contributed by atoms with E-state index in [9.17, 15) is 0 Å². The van der Waals surface area contributed by atoms with Crippen molar-refractivity contribution in [3.05, 3.63) is 17.6 Å². The number of nitrogens with zero attached hydrogens (tertiary/aromatic N) is 2. The summed E-state index contributed by atoms with van der Waals surface area (Å²) >= 11 is 0. The van der Waals surface area contributed by atoms with Gasteiger partial charge in [0, 0.05) is 30.6 Å². The van der Waals surface area contributed by atoms with Crippen LogP contribution < -0.4 is 10.1 Å². The van der Waals surface area contributed by atoms with Gasteiger partial charge < -0.3 is 10.1 Å². The van der Waals surface area contributed by atoms with E-state index < -0.39 is 0 Å². The molecular formula is C11H19N3O. The number of rotatable bonds is 5. The molecule has 0 saturated heterocycles. The smallest absolute Gasteiger partial charge is 0.216 e. The van der Waals surface area contributed by atoms with Crippen molar-refractivity contribution in [3.8, 4) is 5.88 Å². The van der Waals surface area contributed by atoms with Gasteiger partial charge in [-0.1, -0.05) is 13.8 Å². The number of likely N-dealkylation sites (N-methyl/N-ethyl adjacent to an activating group) is 1. The summed E-state index contributed by atoms with van der Waals surface area (Å²) in [7, 11) is 3.57. The molecule has 0 aliphatic rings. The lowest BCUT2D eigenvalue weighted by Gasteiger charge is -2.09. The molecule has 4 nitrogen and oxygen atoms in total. The zero-order chi connectivity index (χ0) is 11.3. The summed E-state index contributed by atoms with van der Waals surface area (Å²) < 4.78 is 5.15. The zero-order valence-corrected chi connectivity index (χ0v) is 9.87. The van der Waals surface area contributed by atoms with Crippen molar-refractivity contribution in [2.75, 3.05) is 20.7 Å². The normalized spacial score (nSPS) is 10.7. The first-order chi connectivity index (χ1) is 7.17. The van der Waals surface area contributed by atoms with Gasteiger partial charge in [0.05, 0.1) is 7.11 Å². The molecule has 0 spiro atoms. The first-order valence-corrected chi connectivity index (χ1v) is 5.23. The maximum Gasteiger partial charge on any atom is 0.216 e. The Labute approximate surface area is 91.1 Å². The molecule has 15 heavy (non-hydrogen) atoms. The summed E-state index contributed by atoms with van der Waals surface area (Å²) in [6.07, 6.45) is 0.898. The molecule has 0 fully saturated rings. The fraction of sp³-hybridized carbons (Fsp3) is 0.636. The second-order valence-corrected chi connectivity index (χ2v) is 3.77. The van der Waals surface area contributed by atoms with Crippen LogP contribution in [0.25, 0.3) is 0 Å². The molecule has 0 saturated carbocycles. The summed E-state index contributed by atoms with van der Waals surface area (Å²) in [5, 5.41) is 3.10. The van der Waals surface area contributed by atoms with E-state index in [1.807, 2.05) is 13.1 Å². The topological polar surface area (TPSA) is 47.0 Å². The lowest BCUT2D eigenvalue weighted by Crippen LogP contribution is -2.12. The van der Waals surface area contributed by atoms with Crippen LogP contribution in [0.2, 0.25) is 0 Å². The van der Waals surface area contributed by atoms with Crippen LogP contribution in [0.5, 0.6) is 5.88 Å². The molecule has 0 aliphatic carbocycles. The highest BCUT2D eigenvalue weighted by Crippen LogP contribution is 2.15. The van der Waals surface area contributed by atoms with Gasteiger partial charge in [0.1, 0.15) is 5.82 Å². The molecule has 1 aromatic heterocycles. The predicted molar refractivity (Wildman–Crippen MR) is 60.3 cm³/mol. The molecule has 1 N–H and O–H groups in total. The number of nitrogens with one attached hydrogen (secondary N) is 1. The third-order valence-corrected chi connectivity index (χ3v) is 2.13. The molecule has 4 heteroatoms. The van der Waals surface area contributed by atoms with E-state index in [0.29, 0.717) is 11.8 Å². The summed E-state index contributed by atoms with van der Waals surface area (Å²) in [6, 6.07) is 1.89. The Morgan fingerprint density at radius 1 is 1.40 bits per heavy atom. The van der Waals surface area contributed by atoms with Gasteiger partial charge in [-0.05, 0) is 7.05 Å². The molecule has 0 aliphatic heterocycles. The Bertz CT molecular complexity index is 313. The van der Waals surface area contributed by atoms with Gasteiger partial charge in [-0.25, -0.2) is 4.98 Å². The highest BCUT2D eigenvalue weighted by Gasteiger charge is 2.07. The third kappa shape index (κ3) is 3.47. The molecule has 0 aromatic carbocycles. The van der Waals surface area contributed by atoms with E-state index in [4.69, 9.17) is 4.74 Å². The fourth-order valence-electron chi connectivity index (χ4n) is 1.24. The van der Waals surface area contributed by atoms with Gasteiger partial charge in [0.25, 0.3) is 0 Å². The van der Waals surface area contributed by atoms with Gasteiger partial charge in [-0.2, -0.15) is 4.98 Å². The second-order valence-electron chi connectivity index (χ2n) is 3.77. The van der Waals surface area contributed by atoms with Crippen LogP contribution >= 0.6 is 0 Å². The molecular weight excluding hydrogens is 190 g/mol. The molecule has 84 valence electrons. The van der Waals surface area contributed by atoms with E-state index in [2.05, 4.69) is 29.1 Å². The molecule has 1 heterocycles. The average molecular weight is 209 g/mol. The number of ether oxygens (including phenoxy) is 1. The van der Waals surface area contributed by atoms with Gasteiger partial charge in [-0.3, -0.25) is 0 Å². The first-order valence-electron chi connectivity index (χ1n) is 5.23. The van der Waals surface area contributed by atoms with E-state index >= 15 is 0 Å². The molecule has 0 amide bonds. The Morgan fingerprint density at radius 3 is 2.67 bits per heavy atom. The highest BCUT2D eigenvalue weighted by atomic mass is 16.5. The number of aromatic nitrogens is 2. The minimum absolute atomic E-state index is 0.327. The van der Waals surface area contributed by atoms with Crippen LogP contribution in [-0.4, -0.2) is 30.7 Å². The quantitative estimate of drug-likeness (QED) is 0.795. The maximum absolute atomic E-state index is 5.15. The number of hydrogen-bond donors (Lipinski definition) is 1. The van der Waals surface area contributed by atoms with Crippen LogP contribution in [0.3, 0.4) is 0 Å². The van der Waals surface area contributed by atoms with Crippen LogP contribution in [0.15, 0.2) is 6.07 Å². The van der Waals surface area contributed by atoms with E-state index in [0.717, 1.165) is 24.5 Å². The summed E-state index contributed by atoms with van der Waals surface area (Å²) in [6.45, 7) is 5.07. The second kappa shape index (κ2) is 5.66. The third-order valence-electron chi connectivity index (χ3n) is 2.13. The molecule has 0 atom stereocenters. The average Bonchev–Trinajstić information content (AvgIpc) is 2.25. The van der Waals surface area contributed by atoms with E-state index in [1.165, 1.54) is 0 Å². The molecule has 0 unspecified atom stereocenters. The Balaban J connectivity index is 2.90. The van der Waals surface area contributed by atoms with E-state index in [-0.39, 0.29) is 0 Å². The van der Waals surface area contributed by atoms with Crippen molar-refractivity contribution < 1.29 is 4.74 Å². The van der Waals surface area contributed by atoms with Crippen LogP contribution in [-0.2, 0) is 6.42 Å². The molecule has 0 bridgehead atoms. The van der Waals surface area contributed by atoms with Crippen LogP contribution in [0.4, 0.5) is 0 Å².